The second-order valence-corrected chi connectivity index (χ2v) is 6.68. The highest BCUT2D eigenvalue weighted by Gasteiger charge is 2.22. The van der Waals surface area contributed by atoms with E-state index in [1.165, 1.54) is 18.2 Å². The molecule has 1 heterocycles. The van der Waals surface area contributed by atoms with Crippen molar-refractivity contribution in [1.82, 2.24) is 10.2 Å². The second-order valence-electron chi connectivity index (χ2n) is 6.27. The van der Waals surface area contributed by atoms with Crippen molar-refractivity contribution in [2.45, 2.75) is 6.04 Å². The number of nitrogens with zero attached hydrogens (tertiary/aromatic N) is 2. The number of carbonyl (C=O) groups excluding carboxylic acids is 1. The van der Waals surface area contributed by atoms with Gasteiger partial charge in [-0.1, -0.05) is 41.9 Å². The molecule has 0 saturated carbocycles. The number of amides is 1. The maximum atomic E-state index is 12.8. The molecule has 1 fully saturated rings. The molecule has 1 atom stereocenters. The number of ether oxygens (including phenoxy) is 1. The molecule has 2 aromatic rings. The predicted octanol–water partition coefficient (Wildman–Crippen LogP) is 3.05. The van der Waals surface area contributed by atoms with E-state index in [1.54, 1.807) is 0 Å². The van der Waals surface area contributed by atoms with Gasteiger partial charge in [0.1, 0.15) is 0 Å². The molecule has 0 bridgehead atoms. The smallest absolute Gasteiger partial charge is 0.270 e. The highest BCUT2D eigenvalue weighted by Crippen LogP contribution is 2.24. The molecule has 7 nitrogen and oxygen atoms in total. The first-order chi connectivity index (χ1) is 13.0. The lowest BCUT2D eigenvalue weighted by atomic mass is 10.1. The van der Waals surface area contributed by atoms with Crippen molar-refractivity contribution >= 4 is 23.2 Å². The molecule has 1 amide bonds. The van der Waals surface area contributed by atoms with E-state index in [1.807, 2.05) is 30.3 Å². The summed E-state index contributed by atoms with van der Waals surface area (Å²) in [4.78, 5) is 25.3. The summed E-state index contributed by atoms with van der Waals surface area (Å²) in [6.07, 6.45) is 0. The molecule has 2 aromatic carbocycles. The van der Waals surface area contributed by atoms with Crippen molar-refractivity contribution in [3.05, 3.63) is 74.8 Å². The van der Waals surface area contributed by atoms with Crippen molar-refractivity contribution in [3.8, 4) is 0 Å². The van der Waals surface area contributed by atoms with E-state index in [4.69, 9.17) is 16.3 Å². The van der Waals surface area contributed by atoms with Crippen molar-refractivity contribution in [2.75, 3.05) is 32.8 Å². The zero-order chi connectivity index (χ0) is 19.2. The fourth-order valence-electron chi connectivity index (χ4n) is 3.00. The molecule has 142 valence electrons. The highest BCUT2D eigenvalue weighted by atomic mass is 35.5. The molecule has 1 unspecified atom stereocenters. The Labute approximate surface area is 162 Å². The van der Waals surface area contributed by atoms with Gasteiger partial charge in [-0.2, -0.15) is 0 Å². The number of halogens is 1. The van der Waals surface area contributed by atoms with Gasteiger partial charge in [-0.25, -0.2) is 0 Å². The van der Waals surface area contributed by atoms with Gasteiger partial charge in [0.15, 0.2) is 0 Å². The van der Waals surface area contributed by atoms with Gasteiger partial charge in [0, 0.05) is 31.8 Å². The highest BCUT2D eigenvalue weighted by molar-refractivity contribution is 6.34. The Balaban J connectivity index is 1.78. The number of rotatable bonds is 6. The van der Waals surface area contributed by atoms with Crippen LogP contribution in [0.3, 0.4) is 0 Å². The number of nitro benzene ring substituents is 1. The zero-order valence-corrected chi connectivity index (χ0v) is 15.4. The van der Waals surface area contributed by atoms with Gasteiger partial charge in [-0.05, 0) is 11.6 Å². The van der Waals surface area contributed by atoms with E-state index < -0.39 is 4.92 Å². The van der Waals surface area contributed by atoms with Crippen LogP contribution >= 0.6 is 11.6 Å². The molecule has 0 aliphatic carbocycles. The minimum Gasteiger partial charge on any atom is -0.379 e. The van der Waals surface area contributed by atoms with Crippen LogP contribution < -0.4 is 5.32 Å². The topological polar surface area (TPSA) is 84.7 Å². The lowest BCUT2D eigenvalue weighted by Gasteiger charge is -2.31. The molecule has 1 saturated heterocycles. The third kappa shape index (κ3) is 5.03. The Morgan fingerprint density at radius 3 is 2.56 bits per heavy atom. The number of nitro groups is 1. The zero-order valence-electron chi connectivity index (χ0n) is 14.6. The summed E-state index contributed by atoms with van der Waals surface area (Å²) in [5.74, 6) is -0.364. The summed E-state index contributed by atoms with van der Waals surface area (Å²) < 4.78 is 5.38. The van der Waals surface area contributed by atoms with Crippen LogP contribution in [0.25, 0.3) is 0 Å². The van der Waals surface area contributed by atoms with E-state index in [9.17, 15) is 14.9 Å². The molecule has 27 heavy (non-hydrogen) atoms. The Hall–Kier alpha value is -2.48. The Morgan fingerprint density at radius 2 is 1.93 bits per heavy atom. The van der Waals surface area contributed by atoms with E-state index in [0.717, 1.165) is 18.7 Å². The van der Waals surface area contributed by atoms with Crippen molar-refractivity contribution in [3.63, 3.8) is 0 Å². The van der Waals surface area contributed by atoms with Crippen LogP contribution in [0, 0.1) is 10.1 Å². The Kier molecular flexibility index (Phi) is 6.39. The first kappa shape index (κ1) is 19.3. The SMILES string of the molecule is O=C(NC(CN1CCOCC1)c1ccccc1)c1ccc([N+](=O)[O-])cc1Cl. The largest absolute Gasteiger partial charge is 0.379 e. The maximum absolute atomic E-state index is 12.8. The molecule has 0 radical (unpaired) electrons. The third-order valence-electron chi connectivity index (χ3n) is 4.46. The van der Waals surface area contributed by atoms with Crippen LogP contribution in [0.4, 0.5) is 5.69 Å². The fraction of sp³-hybridized carbons (Fsp3) is 0.316. The van der Waals surface area contributed by atoms with Crippen LogP contribution in [-0.2, 0) is 4.74 Å². The van der Waals surface area contributed by atoms with Gasteiger partial charge < -0.3 is 10.1 Å². The summed E-state index contributed by atoms with van der Waals surface area (Å²) >= 11 is 6.10. The lowest BCUT2D eigenvalue weighted by Crippen LogP contribution is -2.43. The van der Waals surface area contributed by atoms with Crippen molar-refractivity contribution in [1.29, 1.82) is 0 Å². The average molecular weight is 390 g/mol. The van der Waals surface area contributed by atoms with Crippen LogP contribution in [0.5, 0.6) is 0 Å². The number of carbonyl (C=O) groups is 1. The van der Waals surface area contributed by atoms with Gasteiger partial charge in [0.2, 0.25) is 0 Å². The molecule has 0 aromatic heterocycles. The fourth-order valence-corrected chi connectivity index (χ4v) is 3.26. The van der Waals surface area contributed by atoms with E-state index in [0.29, 0.717) is 19.8 Å². The van der Waals surface area contributed by atoms with E-state index >= 15 is 0 Å². The first-order valence-electron chi connectivity index (χ1n) is 8.64. The van der Waals surface area contributed by atoms with E-state index in [2.05, 4.69) is 10.2 Å². The molecule has 0 spiro atoms. The van der Waals surface area contributed by atoms with Gasteiger partial charge >= 0.3 is 0 Å². The number of nitrogens with one attached hydrogen (secondary N) is 1. The number of hydrogen-bond acceptors (Lipinski definition) is 5. The summed E-state index contributed by atoms with van der Waals surface area (Å²) in [5.41, 5.74) is 1.05. The van der Waals surface area contributed by atoms with Crippen LogP contribution in [0.15, 0.2) is 48.5 Å². The minimum atomic E-state index is -0.543. The monoisotopic (exact) mass is 389 g/mol. The van der Waals surface area contributed by atoms with Crippen LogP contribution in [0.2, 0.25) is 5.02 Å². The first-order valence-corrected chi connectivity index (χ1v) is 9.02. The van der Waals surface area contributed by atoms with E-state index in [-0.39, 0.29) is 28.2 Å². The Bertz CT molecular complexity index is 810. The molecule has 1 aliphatic rings. The third-order valence-corrected chi connectivity index (χ3v) is 4.77. The predicted molar refractivity (Wildman–Crippen MR) is 102 cm³/mol. The molecule has 1 N–H and O–H groups in total. The number of benzene rings is 2. The van der Waals surface area contributed by atoms with Crippen molar-refractivity contribution in [2.24, 2.45) is 0 Å². The molecule has 3 rings (SSSR count). The minimum absolute atomic E-state index is 0.0554. The lowest BCUT2D eigenvalue weighted by molar-refractivity contribution is -0.384. The number of morpholine rings is 1. The average Bonchev–Trinajstić information content (AvgIpc) is 2.68. The summed E-state index contributed by atoms with van der Waals surface area (Å²) in [6, 6.07) is 13.3. The van der Waals surface area contributed by atoms with Gasteiger partial charge in [0.25, 0.3) is 11.6 Å². The van der Waals surface area contributed by atoms with Crippen LogP contribution in [0.1, 0.15) is 22.0 Å². The second kappa shape index (κ2) is 8.94. The van der Waals surface area contributed by atoms with Gasteiger partial charge in [-0.15, -0.1) is 0 Å². The maximum Gasteiger partial charge on any atom is 0.270 e. The molecule has 8 heteroatoms. The van der Waals surface area contributed by atoms with Gasteiger partial charge in [0.05, 0.1) is 34.8 Å². The van der Waals surface area contributed by atoms with Crippen molar-refractivity contribution < 1.29 is 14.5 Å². The Morgan fingerprint density at radius 1 is 1.22 bits per heavy atom. The molecular weight excluding hydrogens is 370 g/mol. The quantitative estimate of drug-likeness (QED) is 0.606. The van der Waals surface area contributed by atoms with Crippen LogP contribution in [-0.4, -0.2) is 48.6 Å². The normalized spacial score (nSPS) is 15.9. The summed E-state index contributed by atoms with van der Waals surface area (Å²) in [6.45, 7) is 3.59. The van der Waals surface area contributed by atoms with Gasteiger partial charge in [-0.3, -0.25) is 19.8 Å². The number of hydrogen-bond donors (Lipinski definition) is 1. The molecular formula is C19H20ClN3O4. The standard InChI is InChI=1S/C19H20ClN3O4/c20-17-12-15(23(25)26)6-7-16(17)19(24)21-18(14-4-2-1-3-5-14)13-22-8-10-27-11-9-22/h1-7,12,18H,8-11,13H2,(H,21,24). The summed E-state index contributed by atoms with van der Waals surface area (Å²) in [7, 11) is 0. The number of non-ortho nitro benzene ring substituents is 1. The summed E-state index contributed by atoms with van der Waals surface area (Å²) in [5, 5.41) is 13.9. The molecule has 1 aliphatic heterocycles.